The van der Waals surface area contributed by atoms with Gasteiger partial charge in [-0.1, -0.05) is 29.8 Å². The van der Waals surface area contributed by atoms with Crippen molar-refractivity contribution in [2.24, 2.45) is 5.10 Å². The molecule has 0 unspecified atom stereocenters. The summed E-state index contributed by atoms with van der Waals surface area (Å²) in [7, 11) is 1.65. The standard InChI is InChI=1S/C19H20N2O2/c1-13-5-4-6-16(11-13)19-12-18(20-21(19)14(2)22)15-7-9-17(23-3)10-8-15/h4-11,19H,12H2,1-3H3/t19-/m0/s1. The number of nitrogens with zero attached hydrogens (tertiary/aromatic N) is 2. The average molecular weight is 308 g/mol. The van der Waals surface area contributed by atoms with E-state index in [0.717, 1.165) is 29.0 Å². The van der Waals surface area contributed by atoms with E-state index in [4.69, 9.17) is 4.74 Å². The zero-order valence-electron chi connectivity index (χ0n) is 13.6. The molecule has 0 aromatic heterocycles. The van der Waals surface area contributed by atoms with Crippen molar-refractivity contribution < 1.29 is 9.53 Å². The molecule has 0 saturated heterocycles. The molecule has 4 heteroatoms. The van der Waals surface area contributed by atoms with E-state index in [-0.39, 0.29) is 11.9 Å². The van der Waals surface area contributed by atoms with Crippen LogP contribution < -0.4 is 4.74 Å². The smallest absolute Gasteiger partial charge is 0.240 e. The topological polar surface area (TPSA) is 41.9 Å². The molecule has 0 saturated carbocycles. The van der Waals surface area contributed by atoms with Gasteiger partial charge in [0.1, 0.15) is 5.75 Å². The van der Waals surface area contributed by atoms with E-state index < -0.39 is 0 Å². The van der Waals surface area contributed by atoms with Crippen LogP contribution in [0.2, 0.25) is 0 Å². The zero-order chi connectivity index (χ0) is 16.4. The first-order valence-corrected chi connectivity index (χ1v) is 7.67. The predicted molar refractivity (Wildman–Crippen MR) is 90.6 cm³/mol. The summed E-state index contributed by atoms with van der Waals surface area (Å²) in [6, 6.07) is 16.0. The Morgan fingerprint density at radius 3 is 2.57 bits per heavy atom. The van der Waals surface area contributed by atoms with Crippen molar-refractivity contribution in [3.8, 4) is 5.75 Å². The Bertz CT molecular complexity index is 750. The van der Waals surface area contributed by atoms with E-state index in [1.54, 1.807) is 19.0 Å². The summed E-state index contributed by atoms with van der Waals surface area (Å²) in [5, 5.41) is 6.15. The highest BCUT2D eigenvalue weighted by Gasteiger charge is 2.31. The summed E-state index contributed by atoms with van der Waals surface area (Å²) in [6.45, 7) is 3.62. The molecule has 23 heavy (non-hydrogen) atoms. The van der Waals surface area contributed by atoms with Crippen molar-refractivity contribution in [3.63, 3.8) is 0 Å². The number of hydrazone groups is 1. The van der Waals surface area contributed by atoms with Gasteiger partial charge in [0.2, 0.25) is 5.91 Å². The van der Waals surface area contributed by atoms with Crippen LogP contribution in [0.5, 0.6) is 5.75 Å². The van der Waals surface area contributed by atoms with Crippen LogP contribution in [-0.2, 0) is 4.79 Å². The third-order valence-electron chi connectivity index (χ3n) is 4.08. The van der Waals surface area contributed by atoms with Gasteiger partial charge in [0.15, 0.2) is 0 Å². The Labute approximate surface area is 136 Å². The molecule has 4 nitrogen and oxygen atoms in total. The second-order valence-electron chi connectivity index (χ2n) is 5.77. The maximum atomic E-state index is 12.0. The van der Waals surface area contributed by atoms with Gasteiger partial charge in [-0.3, -0.25) is 4.79 Å². The number of hydrogen-bond donors (Lipinski definition) is 0. The summed E-state index contributed by atoms with van der Waals surface area (Å²) in [4.78, 5) is 12.0. The van der Waals surface area contributed by atoms with Crippen molar-refractivity contribution in [2.75, 3.05) is 7.11 Å². The van der Waals surface area contributed by atoms with E-state index in [1.807, 2.05) is 30.3 Å². The molecule has 0 bridgehead atoms. The van der Waals surface area contributed by atoms with Gasteiger partial charge in [0, 0.05) is 13.3 Å². The molecule has 118 valence electrons. The average Bonchev–Trinajstić information content (AvgIpc) is 3.00. The number of rotatable bonds is 3. The molecule has 1 aliphatic heterocycles. The highest BCUT2D eigenvalue weighted by Crippen LogP contribution is 2.33. The molecule has 3 rings (SSSR count). The molecule has 1 heterocycles. The number of carbonyl (C=O) groups is 1. The number of benzene rings is 2. The van der Waals surface area contributed by atoms with Crippen LogP contribution >= 0.6 is 0 Å². The van der Waals surface area contributed by atoms with Crippen molar-refractivity contribution in [3.05, 3.63) is 65.2 Å². The fraction of sp³-hybridized carbons (Fsp3) is 0.263. The first-order valence-electron chi connectivity index (χ1n) is 7.67. The van der Waals surface area contributed by atoms with Gasteiger partial charge in [-0.2, -0.15) is 5.10 Å². The SMILES string of the molecule is COc1ccc(C2=NN(C(C)=O)[C@H](c3cccc(C)c3)C2)cc1. The lowest BCUT2D eigenvalue weighted by atomic mass is 9.97. The maximum Gasteiger partial charge on any atom is 0.240 e. The second-order valence-corrected chi connectivity index (χ2v) is 5.77. The van der Waals surface area contributed by atoms with Crippen LogP contribution in [0.4, 0.5) is 0 Å². The van der Waals surface area contributed by atoms with Crippen molar-refractivity contribution in [2.45, 2.75) is 26.3 Å². The molecule has 1 atom stereocenters. The van der Waals surface area contributed by atoms with E-state index in [9.17, 15) is 4.79 Å². The van der Waals surface area contributed by atoms with Crippen molar-refractivity contribution in [1.29, 1.82) is 0 Å². The van der Waals surface area contributed by atoms with Gasteiger partial charge >= 0.3 is 0 Å². The van der Waals surface area contributed by atoms with Gasteiger partial charge in [-0.25, -0.2) is 5.01 Å². The van der Waals surface area contributed by atoms with Gasteiger partial charge in [-0.15, -0.1) is 0 Å². The van der Waals surface area contributed by atoms with Crippen LogP contribution in [0.3, 0.4) is 0 Å². The highest BCUT2D eigenvalue weighted by molar-refractivity contribution is 6.03. The van der Waals surface area contributed by atoms with Crippen molar-refractivity contribution in [1.82, 2.24) is 5.01 Å². The number of carbonyl (C=O) groups excluding carboxylic acids is 1. The molecule has 2 aromatic carbocycles. The summed E-state index contributed by atoms with van der Waals surface area (Å²) in [5.41, 5.74) is 4.25. The van der Waals surface area contributed by atoms with Crippen molar-refractivity contribution >= 4 is 11.6 Å². The van der Waals surface area contributed by atoms with E-state index in [1.165, 1.54) is 5.56 Å². The number of ether oxygens (including phenoxy) is 1. The summed E-state index contributed by atoms with van der Waals surface area (Å²) in [5.74, 6) is 0.769. The molecule has 0 aliphatic carbocycles. The third-order valence-corrected chi connectivity index (χ3v) is 4.08. The molecule has 1 amide bonds. The van der Waals surface area contributed by atoms with Crippen LogP contribution in [0.1, 0.15) is 36.1 Å². The Morgan fingerprint density at radius 1 is 1.22 bits per heavy atom. The van der Waals surface area contributed by atoms with Crippen LogP contribution in [-0.4, -0.2) is 23.7 Å². The molecular formula is C19H20N2O2. The Balaban J connectivity index is 1.91. The first kappa shape index (κ1) is 15.3. The van der Waals surface area contributed by atoms with E-state index >= 15 is 0 Å². The molecule has 0 radical (unpaired) electrons. The molecule has 1 aliphatic rings. The monoisotopic (exact) mass is 308 g/mol. The Hall–Kier alpha value is -2.62. The van der Waals surface area contributed by atoms with Gasteiger partial charge in [0.25, 0.3) is 0 Å². The largest absolute Gasteiger partial charge is 0.497 e. The van der Waals surface area contributed by atoms with E-state index in [2.05, 4.69) is 30.2 Å². The lowest BCUT2D eigenvalue weighted by molar-refractivity contribution is -0.130. The number of aryl methyl sites for hydroxylation is 1. The van der Waals surface area contributed by atoms with Crippen LogP contribution in [0.15, 0.2) is 53.6 Å². The fourth-order valence-corrected chi connectivity index (χ4v) is 2.90. The summed E-state index contributed by atoms with van der Waals surface area (Å²) < 4.78 is 5.19. The fourth-order valence-electron chi connectivity index (χ4n) is 2.90. The summed E-state index contributed by atoms with van der Waals surface area (Å²) in [6.07, 6.45) is 0.718. The molecular weight excluding hydrogens is 288 g/mol. The quantitative estimate of drug-likeness (QED) is 0.867. The third kappa shape index (κ3) is 3.11. The predicted octanol–water partition coefficient (Wildman–Crippen LogP) is 3.70. The van der Waals surface area contributed by atoms with Crippen LogP contribution in [0, 0.1) is 6.92 Å². The zero-order valence-corrected chi connectivity index (χ0v) is 13.6. The maximum absolute atomic E-state index is 12.0. The van der Waals surface area contributed by atoms with Gasteiger partial charge < -0.3 is 4.74 Å². The minimum atomic E-state index is -0.0417. The highest BCUT2D eigenvalue weighted by atomic mass is 16.5. The number of amides is 1. The lowest BCUT2D eigenvalue weighted by Gasteiger charge is -2.20. The van der Waals surface area contributed by atoms with E-state index in [0.29, 0.717) is 0 Å². The number of hydrogen-bond acceptors (Lipinski definition) is 3. The second kappa shape index (κ2) is 6.24. The molecule has 0 N–H and O–H groups in total. The molecule has 0 fully saturated rings. The Kier molecular flexibility index (Phi) is 4.15. The minimum Gasteiger partial charge on any atom is -0.497 e. The van der Waals surface area contributed by atoms with Crippen LogP contribution in [0.25, 0.3) is 0 Å². The normalized spacial score (nSPS) is 17.1. The minimum absolute atomic E-state index is 0.0375. The first-order chi connectivity index (χ1) is 11.1. The van der Waals surface area contributed by atoms with Gasteiger partial charge in [0.05, 0.1) is 18.9 Å². The number of methoxy groups -OCH3 is 1. The van der Waals surface area contributed by atoms with Gasteiger partial charge in [-0.05, 0) is 42.3 Å². The molecule has 0 spiro atoms. The lowest BCUT2D eigenvalue weighted by Crippen LogP contribution is -2.24. The Morgan fingerprint density at radius 2 is 1.96 bits per heavy atom. The molecule has 2 aromatic rings. The summed E-state index contributed by atoms with van der Waals surface area (Å²) >= 11 is 0.